The number of nitrogens with zero attached hydrogens (tertiary/aromatic N) is 5. The van der Waals surface area contributed by atoms with E-state index in [4.69, 9.17) is 0 Å². The van der Waals surface area contributed by atoms with Crippen LogP contribution < -0.4 is 15.1 Å². The molecule has 1 saturated heterocycles. The van der Waals surface area contributed by atoms with E-state index in [0.29, 0.717) is 5.69 Å². The van der Waals surface area contributed by atoms with Crippen molar-refractivity contribution in [3.05, 3.63) is 78.4 Å². The number of amides is 1. The Bertz CT molecular complexity index is 925. The van der Waals surface area contributed by atoms with Crippen LogP contribution in [0.1, 0.15) is 29.0 Å². The van der Waals surface area contributed by atoms with Gasteiger partial charge in [-0.1, -0.05) is 30.3 Å². The van der Waals surface area contributed by atoms with Crippen LogP contribution in [0.25, 0.3) is 0 Å². The Morgan fingerprint density at radius 2 is 1.59 bits per heavy atom. The zero-order valence-corrected chi connectivity index (χ0v) is 16.4. The number of carbonyl (C=O) groups is 1. The molecule has 148 valence electrons. The Balaban J connectivity index is 1.34. The molecule has 0 radical (unpaired) electrons. The summed E-state index contributed by atoms with van der Waals surface area (Å²) in [6, 6.07) is 15.4. The Kier molecular flexibility index (Phi) is 5.65. The molecule has 1 N–H and O–H groups in total. The Labute approximate surface area is 170 Å². The summed E-state index contributed by atoms with van der Waals surface area (Å²) in [7, 11) is 0. The molecule has 1 aliphatic heterocycles. The van der Waals surface area contributed by atoms with Crippen LogP contribution in [0.3, 0.4) is 0 Å². The van der Waals surface area contributed by atoms with E-state index in [-0.39, 0.29) is 11.9 Å². The molecule has 2 aromatic heterocycles. The molecule has 0 aliphatic carbocycles. The number of carbonyl (C=O) groups excluding carboxylic acids is 1. The molecule has 4 rings (SSSR count). The fourth-order valence-corrected chi connectivity index (χ4v) is 3.42. The summed E-state index contributed by atoms with van der Waals surface area (Å²) in [6.07, 6.45) is 5.30. The van der Waals surface area contributed by atoms with Crippen molar-refractivity contribution < 1.29 is 4.79 Å². The van der Waals surface area contributed by atoms with E-state index in [1.165, 1.54) is 0 Å². The van der Waals surface area contributed by atoms with Crippen LogP contribution in [0.5, 0.6) is 0 Å². The zero-order chi connectivity index (χ0) is 20.1. The van der Waals surface area contributed by atoms with E-state index in [2.05, 4.69) is 30.1 Å². The van der Waals surface area contributed by atoms with Gasteiger partial charge in [-0.2, -0.15) is 0 Å². The summed E-state index contributed by atoms with van der Waals surface area (Å²) < 4.78 is 0. The van der Waals surface area contributed by atoms with Gasteiger partial charge in [0.1, 0.15) is 5.69 Å². The van der Waals surface area contributed by atoms with Crippen molar-refractivity contribution in [2.24, 2.45) is 0 Å². The lowest BCUT2D eigenvalue weighted by atomic mass is 10.1. The molecule has 0 bridgehead atoms. The quantitative estimate of drug-likeness (QED) is 0.724. The molecule has 1 fully saturated rings. The zero-order valence-electron chi connectivity index (χ0n) is 16.4. The van der Waals surface area contributed by atoms with Gasteiger partial charge in [0, 0.05) is 38.6 Å². The van der Waals surface area contributed by atoms with Crippen molar-refractivity contribution in [1.82, 2.24) is 20.3 Å². The lowest BCUT2D eigenvalue weighted by Gasteiger charge is -2.35. The molecular formula is C22H24N6O. The second-order valence-corrected chi connectivity index (χ2v) is 7.03. The molecule has 1 amide bonds. The average Bonchev–Trinajstić information content (AvgIpc) is 2.80. The number of pyridine rings is 1. The summed E-state index contributed by atoms with van der Waals surface area (Å²) >= 11 is 0. The second kappa shape index (κ2) is 8.68. The van der Waals surface area contributed by atoms with Crippen molar-refractivity contribution in [1.29, 1.82) is 0 Å². The number of hydrogen-bond donors (Lipinski definition) is 1. The minimum absolute atomic E-state index is 0.0709. The molecule has 7 heteroatoms. The summed E-state index contributed by atoms with van der Waals surface area (Å²) in [4.78, 5) is 30.0. The van der Waals surface area contributed by atoms with Gasteiger partial charge in [-0.15, -0.1) is 0 Å². The largest absolute Gasteiger partial charge is 0.367 e. The van der Waals surface area contributed by atoms with E-state index in [0.717, 1.165) is 43.4 Å². The van der Waals surface area contributed by atoms with Crippen LogP contribution in [0, 0.1) is 0 Å². The molecule has 1 atom stereocenters. The van der Waals surface area contributed by atoms with Gasteiger partial charge in [0.25, 0.3) is 5.91 Å². The van der Waals surface area contributed by atoms with Crippen molar-refractivity contribution in [2.45, 2.75) is 13.0 Å². The average molecular weight is 388 g/mol. The minimum Gasteiger partial charge on any atom is -0.367 e. The van der Waals surface area contributed by atoms with Crippen LogP contribution in [0.15, 0.2) is 67.1 Å². The van der Waals surface area contributed by atoms with Crippen molar-refractivity contribution >= 4 is 17.5 Å². The van der Waals surface area contributed by atoms with Crippen molar-refractivity contribution in [3.8, 4) is 0 Å². The lowest BCUT2D eigenvalue weighted by molar-refractivity contribution is 0.0935. The fraction of sp³-hybridized carbons (Fsp3) is 0.273. The minimum atomic E-state index is -0.168. The highest BCUT2D eigenvalue weighted by Gasteiger charge is 2.20. The number of nitrogens with one attached hydrogen (secondary N) is 1. The van der Waals surface area contributed by atoms with Crippen LogP contribution in [0.4, 0.5) is 11.6 Å². The monoisotopic (exact) mass is 388 g/mol. The molecule has 3 aromatic rings. The smallest absolute Gasteiger partial charge is 0.270 e. The number of hydrogen-bond acceptors (Lipinski definition) is 6. The Hall–Kier alpha value is -3.48. The van der Waals surface area contributed by atoms with Gasteiger partial charge in [0.2, 0.25) is 5.95 Å². The van der Waals surface area contributed by atoms with Gasteiger partial charge in [-0.25, -0.2) is 15.0 Å². The molecule has 1 unspecified atom stereocenters. The molecular weight excluding hydrogens is 364 g/mol. The van der Waals surface area contributed by atoms with Crippen LogP contribution in [0.2, 0.25) is 0 Å². The Morgan fingerprint density at radius 3 is 2.24 bits per heavy atom. The number of benzene rings is 1. The SMILES string of the molecule is CC(NC(=O)c1ccc(N2CCN(c3ncccn3)CC2)cn1)c1ccccc1. The summed E-state index contributed by atoms with van der Waals surface area (Å²) in [5, 5.41) is 3.00. The number of aromatic nitrogens is 3. The predicted octanol–water partition coefficient (Wildman–Crippen LogP) is 2.69. The van der Waals surface area contributed by atoms with E-state index < -0.39 is 0 Å². The maximum atomic E-state index is 12.5. The summed E-state index contributed by atoms with van der Waals surface area (Å²) in [6.45, 7) is 5.38. The summed E-state index contributed by atoms with van der Waals surface area (Å²) in [5.41, 5.74) is 2.51. The van der Waals surface area contributed by atoms with Crippen LogP contribution >= 0.6 is 0 Å². The topological polar surface area (TPSA) is 74.2 Å². The standard InChI is InChI=1S/C22H24N6O/c1-17(18-6-3-2-4-7-18)26-21(29)20-9-8-19(16-25-20)27-12-14-28(15-13-27)22-23-10-5-11-24-22/h2-11,16-17H,12-15H2,1H3,(H,26,29). The molecule has 29 heavy (non-hydrogen) atoms. The highest BCUT2D eigenvalue weighted by atomic mass is 16.1. The first-order valence-electron chi connectivity index (χ1n) is 9.79. The molecule has 3 heterocycles. The van der Waals surface area contributed by atoms with Gasteiger partial charge in [-0.3, -0.25) is 4.79 Å². The van der Waals surface area contributed by atoms with Crippen molar-refractivity contribution in [2.75, 3.05) is 36.0 Å². The second-order valence-electron chi connectivity index (χ2n) is 7.03. The van der Waals surface area contributed by atoms with Gasteiger partial charge in [-0.05, 0) is 30.7 Å². The van der Waals surface area contributed by atoms with Gasteiger partial charge in [0.05, 0.1) is 17.9 Å². The molecule has 7 nitrogen and oxygen atoms in total. The van der Waals surface area contributed by atoms with Crippen LogP contribution in [-0.4, -0.2) is 47.0 Å². The Morgan fingerprint density at radius 1 is 0.897 bits per heavy atom. The normalized spacial score (nSPS) is 15.1. The molecule has 1 aliphatic rings. The van der Waals surface area contributed by atoms with E-state index >= 15 is 0 Å². The van der Waals surface area contributed by atoms with Crippen molar-refractivity contribution in [3.63, 3.8) is 0 Å². The van der Waals surface area contributed by atoms with Gasteiger partial charge in [0.15, 0.2) is 0 Å². The van der Waals surface area contributed by atoms with Gasteiger partial charge >= 0.3 is 0 Å². The fourth-order valence-electron chi connectivity index (χ4n) is 3.42. The van der Waals surface area contributed by atoms with E-state index in [1.54, 1.807) is 24.7 Å². The number of anilines is 2. The van der Waals surface area contributed by atoms with Crippen LogP contribution in [-0.2, 0) is 0 Å². The third kappa shape index (κ3) is 4.51. The third-order valence-electron chi connectivity index (χ3n) is 5.11. The third-order valence-corrected chi connectivity index (χ3v) is 5.11. The highest BCUT2D eigenvalue weighted by Crippen LogP contribution is 2.18. The summed E-state index contributed by atoms with van der Waals surface area (Å²) in [5.74, 6) is 0.601. The van der Waals surface area contributed by atoms with Gasteiger partial charge < -0.3 is 15.1 Å². The molecule has 1 aromatic carbocycles. The molecule has 0 spiro atoms. The number of piperazine rings is 1. The highest BCUT2D eigenvalue weighted by molar-refractivity contribution is 5.92. The predicted molar refractivity (Wildman–Crippen MR) is 113 cm³/mol. The maximum Gasteiger partial charge on any atom is 0.270 e. The van der Waals surface area contributed by atoms with E-state index in [9.17, 15) is 4.79 Å². The molecule has 0 saturated carbocycles. The first-order valence-corrected chi connectivity index (χ1v) is 9.79. The lowest BCUT2D eigenvalue weighted by Crippen LogP contribution is -2.47. The first-order chi connectivity index (χ1) is 14.2. The number of rotatable bonds is 5. The first kappa shape index (κ1) is 18.9. The maximum absolute atomic E-state index is 12.5. The van der Waals surface area contributed by atoms with E-state index in [1.807, 2.05) is 49.4 Å².